The first kappa shape index (κ1) is 10.7. The van der Waals surface area contributed by atoms with Crippen molar-refractivity contribution in [2.45, 2.75) is 13.8 Å². The Morgan fingerprint density at radius 3 is 2.69 bits per heavy atom. The molecule has 84 valence electrons. The van der Waals surface area contributed by atoms with Gasteiger partial charge in [-0.2, -0.15) is 0 Å². The maximum Gasteiger partial charge on any atom is 0.149 e. The number of hydrogen-bond donors (Lipinski definition) is 0. The minimum atomic E-state index is 0.626. The molecule has 0 aliphatic heterocycles. The summed E-state index contributed by atoms with van der Waals surface area (Å²) in [5, 5.41) is 1.04. The Balaban J connectivity index is 2.54. The van der Waals surface area contributed by atoms with Crippen LogP contribution < -0.4 is 9.47 Å². The summed E-state index contributed by atoms with van der Waals surface area (Å²) in [6, 6.07) is 7.79. The number of ether oxygens (including phenoxy) is 2. The largest absolute Gasteiger partial charge is 0.494 e. The zero-order chi connectivity index (χ0) is 11.4. The van der Waals surface area contributed by atoms with Gasteiger partial charge in [-0.05, 0) is 26.0 Å². The molecule has 0 aliphatic rings. The van der Waals surface area contributed by atoms with E-state index in [4.69, 9.17) is 9.47 Å². The number of rotatable bonds is 4. The highest BCUT2D eigenvalue weighted by Crippen LogP contribution is 2.29. The highest BCUT2D eigenvalue weighted by atomic mass is 16.5. The lowest BCUT2D eigenvalue weighted by atomic mass is 10.2. The fraction of sp³-hybridized carbons (Fsp3) is 0.308. The fourth-order valence-electron chi connectivity index (χ4n) is 1.65. The first-order valence-corrected chi connectivity index (χ1v) is 5.49. The molecule has 0 bridgehead atoms. The molecule has 0 saturated heterocycles. The number of hydrogen-bond acceptors (Lipinski definition) is 3. The standard InChI is InChI=1S/C13H15NO2/c1-3-15-11-8-10-6-5-7-14-13(10)12(9-11)16-4-2/h5-9H,3-4H2,1-2H3. The van der Waals surface area contributed by atoms with Gasteiger partial charge in [0.1, 0.15) is 17.0 Å². The average molecular weight is 217 g/mol. The van der Waals surface area contributed by atoms with Crippen molar-refractivity contribution in [3.63, 3.8) is 0 Å². The molecule has 0 N–H and O–H groups in total. The number of nitrogens with zero attached hydrogens (tertiary/aromatic N) is 1. The van der Waals surface area contributed by atoms with E-state index in [9.17, 15) is 0 Å². The van der Waals surface area contributed by atoms with Gasteiger partial charge >= 0.3 is 0 Å². The zero-order valence-electron chi connectivity index (χ0n) is 9.56. The number of aromatic nitrogens is 1. The van der Waals surface area contributed by atoms with E-state index in [1.54, 1.807) is 6.20 Å². The van der Waals surface area contributed by atoms with Gasteiger partial charge in [-0.25, -0.2) is 0 Å². The first-order chi connectivity index (χ1) is 7.85. The molecule has 0 unspecified atom stereocenters. The molecule has 16 heavy (non-hydrogen) atoms. The third-order valence-corrected chi connectivity index (χ3v) is 2.25. The monoisotopic (exact) mass is 217 g/mol. The van der Waals surface area contributed by atoms with E-state index in [1.165, 1.54) is 0 Å². The second kappa shape index (κ2) is 4.84. The van der Waals surface area contributed by atoms with Crippen LogP contribution in [0.25, 0.3) is 10.9 Å². The molecule has 0 aliphatic carbocycles. The third kappa shape index (κ3) is 2.08. The third-order valence-electron chi connectivity index (χ3n) is 2.25. The Labute approximate surface area is 95.0 Å². The molecule has 0 fully saturated rings. The highest BCUT2D eigenvalue weighted by Gasteiger charge is 2.06. The van der Waals surface area contributed by atoms with Gasteiger partial charge in [0.25, 0.3) is 0 Å². The fourth-order valence-corrected chi connectivity index (χ4v) is 1.65. The van der Waals surface area contributed by atoms with E-state index in [2.05, 4.69) is 4.98 Å². The van der Waals surface area contributed by atoms with E-state index < -0.39 is 0 Å². The van der Waals surface area contributed by atoms with Gasteiger partial charge in [-0.1, -0.05) is 6.07 Å². The molecule has 0 radical (unpaired) electrons. The SMILES string of the molecule is CCOc1cc(OCC)c2ncccc2c1. The summed E-state index contributed by atoms with van der Waals surface area (Å²) in [5.74, 6) is 1.61. The highest BCUT2D eigenvalue weighted by molar-refractivity contribution is 5.86. The van der Waals surface area contributed by atoms with Crippen LogP contribution in [0.3, 0.4) is 0 Å². The van der Waals surface area contributed by atoms with Crippen molar-refractivity contribution in [1.29, 1.82) is 0 Å². The van der Waals surface area contributed by atoms with Crippen LogP contribution >= 0.6 is 0 Å². The summed E-state index contributed by atoms with van der Waals surface area (Å²) in [6.07, 6.45) is 1.77. The number of pyridine rings is 1. The van der Waals surface area contributed by atoms with Crippen molar-refractivity contribution in [1.82, 2.24) is 4.98 Å². The molecule has 3 heteroatoms. The topological polar surface area (TPSA) is 31.4 Å². The molecular formula is C13H15NO2. The quantitative estimate of drug-likeness (QED) is 0.788. The lowest BCUT2D eigenvalue weighted by Gasteiger charge is -2.10. The Hall–Kier alpha value is -1.77. The lowest BCUT2D eigenvalue weighted by Crippen LogP contribution is -1.96. The predicted molar refractivity (Wildman–Crippen MR) is 64.1 cm³/mol. The molecule has 0 atom stereocenters. The smallest absolute Gasteiger partial charge is 0.149 e. The van der Waals surface area contributed by atoms with Crippen LogP contribution in [-0.2, 0) is 0 Å². The van der Waals surface area contributed by atoms with E-state index >= 15 is 0 Å². The van der Waals surface area contributed by atoms with Crippen LogP contribution in [0.2, 0.25) is 0 Å². The van der Waals surface area contributed by atoms with Gasteiger partial charge in [0, 0.05) is 17.6 Å². The van der Waals surface area contributed by atoms with E-state index in [0.29, 0.717) is 13.2 Å². The summed E-state index contributed by atoms with van der Waals surface area (Å²) in [7, 11) is 0. The molecule has 0 saturated carbocycles. The molecule has 1 heterocycles. The van der Waals surface area contributed by atoms with Gasteiger partial charge in [-0.15, -0.1) is 0 Å². The summed E-state index contributed by atoms with van der Waals surface area (Å²) in [4.78, 5) is 4.32. The van der Waals surface area contributed by atoms with Crippen molar-refractivity contribution in [3.05, 3.63) is 30.5 Å². The normalized spacial score (nSPS) is 10.4. The molecule has 2 rings (SSSR count). The van der Waals surface area contributed by atoms with Crippen molar-refractivity contribution >= 4 is 10.9 Å². The van der Waals surface area contributed by atoms with Crippen LogP contribution in [-0.4, -0.2) is 18.2 Å². The Morgan fingerprint density at radius 2 is 1.94 bits per heavy atom. The van der Waals surface area contributed by atoms with E-state index in [-0.39, 0.29) is 0 Å². The predicted octanol–water partition coefficient (Wildman–Crippen LogP) is 3.03. The Kier molecular flexibility index (Phi) is 3.25. The average Bonchev–Trinajstić information content (AvgIpc) is 2.30. The summed E-state index contributed by atoms with van der Waals surface area (Å²) < 4.78 is 11.1. The Bertz CT molecular complexity index is 482. The molecule has 1 aromatic carbocycles. The summed E-state index contributed by atoms with van der Waals surface area (Å²) in [5.41, 5.74) is 0.882. The second-order valence-corrected chi connectivity index (χ2v) is 3.36. The van der Waals surface area contributed by atoms with Crippen molar-refractivity contribution in [3.8, 4) is 11.5 Å². The molecule has 0 spiro atoms. The van der Waals surface area contributed by atoms with Crippen molar-refractivity contribution < 1.29 is 9.47 Å². The van der Waals surface area contributed by atoms with Crippen LogP contribution in [0.15, 0.2) is 30.5 Å². The van der Waals surface area contributed by atoms with Crippen LogP contribution in [0.1, 0.15) is 13.8 Å². The van der Waals surface area contributed by atoms with Gasteiger partial charge in [0.2, 0.25) is 0 Å². The maximum atomic E-state index is 5.56. The number of fused-ring (bicyclic) bond motifs is 1. The van der Waals surface area contributed by atoms with E-state index in [1.807, 2.05) is 38.1 Å². The van der Waals surface area contributed by atoms with Gasteiger partial charge in [-0.3, -0.25) is 4.98 Å². The number of benzene rings is 1. The minimum Gasteiger partial charge on any atom is -0.494 e. The van der Waals surface area contributed by atoms with Gasteiger partial charge in [0.15, 0.2) is 0 Å². The summed E-state index contributed by atoms with van der Waals surface area (Å²) >= 11 is 0. The molecule has 1 aromatic heterocycles. The molecule has 3 nitrogen and oxygen atoms in total. The van der Waals surface area contributed by atoms with Gasteiger partial charge in [0.05, 0.1) is 13.2 Å². The molecule has 2 aromatic rings. The second-order valence-electron chi connectivity index (χ2n) is 3.36. The lowest BCUT2D eigenvalue weighted by molar-refractivity contribution is 0.325. The maximum absolute atomic E-state index is 5.56. The first-order valence-electron chi connectivity index (χ1n) is 5.49. The van der Waals surface area contributed by atoms with Gasteiger partial charge < -0.3 is 9.47 Å². The van der Waals surface area contributed by atoms with Crippen LogP contribution in [0.4, 0.5) is 0 Å². The van der Waals surface area contributed by atoms with E-state index in [0.717, 1.165) is 22.4 Å². The van der Waals surface area contributed by atoms with Crippen LogP contribution in [0.5, 0.6) is 11.5 Å². The van der Waals surface area contributed by atoms with Crippen molar-refractivity contribution in [2.75, 3.05) is 13.2 Å². The zero-order valence-corrected chi connectivity index (χ0v) is 9.56. The molecular weight excluding hydrogens is 202 g/mol. The Morgan fingerprint density at radius 1 is 1.12 bits per heavy atom. The van der Waals surface area contributed by atoms with Crippen LogP contribution in [0, 0.1) is 0 Å². The van der Waals surface area contributed by atoms with Crippen molar-refractivity contribution in [2.24, 2.45) is 0 Å². The molecule has 0 amide bonds. The minimum absolute atomic E-state index is 0.626. The summed E-state index contributed by atoms with van der Waals surface area (Å²) in [6.45, 7) is 5.20.